The summed E-state index contributed by atoms with van der Waals surface area (Å²) in [5, 5.41) is 0.279. The standard InChI is InChI=1S/C11H24N2OSi/c1-11(2,3)15(4,5)14-8-9-6-7-10(12)13-9/h9H,6-8H2,1-5H3,(H2,12,13). The molecular formula is C11H24N2OSi. The first-order valence-corrected chi connectivity index (χ1v) is 8.59. The van der Waals surface area contributed by atoms with E-state index < -0.39 is 8.32 Å². The predicted molar refractivity (Wildman–Crippen MR) is 67.8 cm³/mol. The molecule has 1 rings (SSSR count). The van der Waals surface area contributed by atoms with Crippen LogP contribution in [-0.2, 0) is 4.43 Å². The highest BCUT2D eigenvalue weighted by Crippen LogP contribution is 2.36. The number of hydrogen-bond donors (Lipinski definition) is 1. The van der Waals surface area contributed by atoms with Crippen LogP contribution in [0.1, 0.15) is 33.6 Å². The zero-order valence-corrected chi connectivity index (χ0v) is 11.6. The molecule has 0 amide bonds. The second kappa shape index (κ2) is 4.26. The maximum atomic E-state index is 6.10. The summed E-state index contributed by atoms with van der Waals surface area (Å²) in [6.45, 7) is 12.1. The van der Waals surface area contributed by atoms with Crippen molar-refractivity contribution in [2.75, 3.05) is 6.61 Å². The number of hydrogen-bond acceptors (Lipinski definition) is 3. The van der Waals surface area contributed by atoms with Crippen molar-refractivity contribution >= 4 is 14.2 Å². The molecule has 2 N–H and O–H groups in total. The Morgan fingerprint density at radius 3 is 2.47 bits per heavy atom. The summed E-state index contributed by atoms with van der Waals surface area (Å²) in [5.41, 5.74) is 5.66. The van der Waals surface area contributed by atoms with Gasteiger partial charge in [-0.1, -0.05) is 20.8 Å². The van der Waals surface area contributed by atoms with Crippen molar-refractivity contribution in [3.63, 3.8) is 0 Å². The Labute approximate surface area is 94.2 Å². The molecule has 1 atom stereocenters. The van der Waals surface area contributed by atoms with Gasteiger partial charge in [0.1, 0.15) is 0 Å². The number of amidine groups is 1. The van der Waals surface area contributed by atoms with Crippen LogP contribution < -0.4 is 5.73 Å². The van der Waals surface area contributed by atoms with Gasteiger partial charge in [-0.3, -0.25) is 4.99 Å². The molecule has 0 saturated heterocycles. The summed E-state index contributed by atoms with van der Waals surface area (Å²) in [6.07, 6.45) is 1.99. The molecule has 1 aliphatic rings. The van der Waals surface area contributed by atoms with Crippen LogP contribution in [0, 0.1) is 0 Å². The van der Waals surface area contributed by atoms with Crippen LogP contribution in [-0.4, -0.2) is 26.8 Å². The first kappa shape index (κ1) is 12.7. The Hall–Kier alpha value is -0.353. The fourth-order valence-corrected chi connectivity index (χ4v) is 2.36. The average Bonchev–Trinajstić information content (AvgIpc) is 2.46. The van der Waals surface area contributed by atoms with Crippen LogP contribution in [0.4, 0.5) is 0 Å². The maximum absolute atomic E-state index is 6.10. The highest BCUT2D eigenvalue weighted by Gasteiger charge is 2.37. The lowest BCUT2D eigenvalue weighted by atomic mass is 10.2. The molecule has 0 saturated carbocycles. The average molecular weight is 228 g/mol. The van der Waals surface area contributed by atoms with Crippen molar-refractivity contribution in [2.24, 2.45) is 10.7 Å². The second-order valence-electron chi connectivity index (χ2n) is 5.88. The van der Waals surface area contributed by atoms with Crippen molar-refractivity contribution in [3.05, 3.63) is 0 Å². The lowest BCUT2D eigenvalue weighted by Crippen LogP contribution is -2.42. The highest BCUT2D eigenvalue weighted by molar-refractivity contribution is 6.74. The Morgan fingerprint density at radius 1 is 1.47 bits per heavy atom. The van der Waals surface area contributed by atoms with E-state index in [4.69, 9.17) is 10.2 Å². The summed E-state index contributed by atoms with van der Waals surface area (Å²) in [6, 6.07) is 0.305. The van der Waals surface area contributed by atoms with Gasteiger partial charge in [0.05, 0.1) is 18.5 Å². The van der Waals surface area contributed by atoms with Crippen LogP contribution in [0.25, 0.3) is 0 Å². The van der Waals surface area contributed by atoms with Gasteiger partial charge < -0.3 is 10.2 Å². The van der Waals surface area contributed by atoms with E-state index >= 15 is 0 Å². The maximum Gasteiger partial charge on any atom is 0.192 e. The van der Waals surface area contributed by atoms with Crippen LogP contribution in [0.2, 0.25) is 18.1 Å². The van der Waals surface area contributed by atoms with Gasteiger partial charge in [0.15, 0.2) is 8.32 Å². The van der Waals surface area contributed by atoms with Gasteiger partial charge in [0, 0.05) is 6.42 Å². The molecule has 3 nitrogen and oxygen atoms in total. The molecule has 15 heavy (non-hydrogen) atoms. The van der Waals surface area contributed by atoms with Crippen LogP contribution in [0.5, 0.6) is 0 Å². The SMILES string of the molecule is CC(C)(C)[Si](C)(C)OCC1CCC(N)=N1. The van der Waals surface area contributed by atoms with Gasteiger partial charge in [0.2, 0.25) is 0 Å². The van der Waals surface area contributed by atoms with Crippen LogP contribution >= 0.6 is 0 Å². The molecule has 0 aliphatic carbocycles. The first-order valence-electron chi connectivity index (χ1n) is 5.68. The molecule has 4 heteroatoms. The van der Waals surface area contributed by atoms with Gasteiger partial charge in [-0.25, -0.2) is 0 Å². The molecule has 1 aliphatic heterocycles. The molecule has 0 spiro atoms. The minimum atomic E-state index is -1.60. The molecule has 0 aromatic heterocycles. The number of nitrogens with zero attached hydrogens (tertiary/aromatic N) is 1. The van der Waals surface area contributed by atoms with Crippen molar-refractivity contribution < 1.29 is 4.43 Å². The van der Waals surface area contributed by atoms with Crippen molar-refractivity contribution in [2.45, 2.75) is 57.8 Å². The molecule has 0 aromatic carbocycles. The van der Waals surface area contributed by atoms with Crippen LogP contribution in [0.15, 0.2) is 4.99 Å². The Kier molecular flexibility index (Phi) is 3.61. The molecule has 0 bridgehead atoms. The van der Waals surface area contributed by atoms with Crippen molar-refractivity contribution in [1.82, 2.24) is 0 Å². The smallest absolute Gasteiger partial charge is 0.192 e. The summed E-state index contributed by atoms with van der Waals surface area (Å²) in [7, 11) is -1.60. The molecule has 88 valence electrons. The third-order valence-electron chi connectivity index (χ3n) is 3.52. The van der Waals surface area contributed by atoms with E-state index in [1.807, 2.05) is 0 Å². The van der Waals surface area contributed by atoms with E-state index in [0.29, 0.717) is 6.04 Å². The molecule has 0 radical (unpaired) electrons. The predicted octanol–water partition coefficient (Wildman–Crippen LogP) is 2.53. The van der Waals surface area contributed by atoms with Gasteiger partial charge in [0.25, 0.3) is 0 Å². The fraction of sp³-hybridized carbons (Fsp3) is 0.909. The quantitative estimate of drug-likeness (QED) is 0.755. The lowest BCUT2D eigenvalue weighted by molar-refractivity contribution is 0.263. The minimum absolute atomic E-state index is 0.279. The summed E-state index contributed by atoms with van der Waals surface area (Å²) in [4.78, 5) is 4.37. The van der Waals surface area contributed by atoms with E-state index in [0.717, 1.165) is 25.3 Å². The number of aliphatic imine (C=N–C) groups is 1. The zero-order chi connectivity index (χ0) is 11.7. The summed E-state index contributed by atoms with van der Waals surface area (Å²) in [5.74, 6) is 0.791. The fourth-order valence-electron chi connectivity index (χ4n) is 1.32. The van der Waals surface area contributed by atoms with E-state index in [9.17, 15) is 0 Å². The molecule has 1 unspecified atom stereocenters. The van der Waals surface area contributed by atoms with Gasteiger partial charge in [-0.15, -0.1) is 0 Å². The second-order valence-corrected chi connectivity index (χ2v) is 10.7. The third-order valence-corrected chi connectivity index (χ3v) is 8.03. The Bertz CT molecular complexity index is 256. The van der Waals surface area contributed by atoms with Crippen LogP contribution in [0.3, 0.4) is 0 Å². The van der Waals surface area contributed by atoms with Gasteiger partial charge in [-0.2, -0.15) is 0 Å². The molecule has 0 fully saturated rings. The molecule has 1 heterocycles. The Balaban J connectivity index is 2.43. The van der Waals surface area contributed by atoms with Gasteiger partial charge >= 0.3 is 0 Å². The monoisotopic (exact) mass is 228 g/mol. The number of rotatable bonds is 3. The van der Waals surface area contributed by atoms with Gasteiger partial charge in [-0.05, 0) is 24.6 Å². The van der Waals surface area contributed by atoms with Crippen molar-refractivity contribution in [1.29, 1.82) is 0 Å². The third kappa shape index (κ3) is 3.31. The highest BCUT2D eigenvalue weighted by atomic mass is 28.4. The largest absolute Gasteiger partial charge is 0.415 e. The normalized spacial score (nSPS) is 23.0. The van der Waals surface area contributed by atoms with E-state index in [1.54, 1.807) is 0 Å². The molecular weight excluding hydrogens is 204 g/mol. The topological polar surface area (TPSA) is 47.6 Å². The minimum Gasteiger partial charge on any atom is -0.415 e. The van der Waals surface area contributed by atoms with E-state index in [2.05, 4.69) is 38.9 Å². The van der Waals surface area contributed by atoms with E-state index in [1.165, 1.54) is 0 Å². The lowest BCUT2D eigenvalue weighted by Gasteiger charge is -2.36. The number of nitrogens with two attached hydrogens (primary N) is 1. The van der Waals surface area contributed by atoms with Crippen molar-refractivity contribution in [3.8, 4) is 0 Å². The summed E-state index contributed by atoms with van der Waals surface area (Å²) < 4.78 is 6.10. The Morgan fingerprint density at radius 2 is 2.07 bits per heavy atom. The summed E-state index contributed by atoms with van der Waals surface area (Å²) >= 11 is 0. The molecule has 0 aromatic rings. The first-order chi connectivity index (χ1) is 6.72. The van der Waals surface area contributed by atoms with E-state index in [-0.39, 0.29) is 5.04 Å². The zero-order valence-electron chi connectivity index (χ0n) is 10.6.